The fourth-order valence-electron chi connectivity index (χ4n) is 2.07. The van der Waals surface area contributed by atoms with Crippen molar-refractivity contribution in [2.45, 2.75) is 39.0 Å². The van der Waals surface area contributed by atoms with E-state index in [0.29, 0.717) is 13.0 Å². The van der Waals surface area contributed by atoms with Crippen LogP contribution in [-0.4, -0.2) is 37.2 Å². The smallest absolute Gasteiger partial charge is 0.305 e. The van der Waals surface area contributed by atoms with Crippen molar-refractivity contribution in [2.24, 2.45) is 5.92 Å². The second kappa shape index (κ2) is 9.77. The Hall–Kier alpha value is -0.220. The summed E-state index contributed by atoms with van der Waals surface area (Å²) in [4.78, 5) is 11.1. The van der Waals surface area contributed by atoms with E-state index in [4.69, 9.17) is 4.74 Å². The van der Waals surface area contributed by atoms with Crippen LogP contribution in [0.3, 0.4) is 0 Å². The van der Waals surface area contributed by atoms with Crippen molar-refractivity contribution >= 4 is 17.7 Å². The largest absolute Gasteiger partial charge is 0.466 e. The van der Waals surface area contributed by atoms with Crippen LogP contribution in [0, 0.1) is 5.92 Å². The number of rotatable bonds is 8. The lowest BCUT2D eigenvalue weighted by Gasteiger charge is -2.22. The normalized spacial score (nSPS) is 17.0. The molecule has 100 valence electrons. The Balaban J connectivity index is 1.85. The molecule has 17 heavy (non-hydrogen) atoms. The molecule has 1 saturated heterocycles. The maximum Gasteiger partial charge on any atom is 0.305 e. The first-order valence-corrected chi connectivity index (χ1v) is 7.92. The van der Waals surface area contributed by atoms with Gasteiger partial charge in [0.1, 0.15) is 0 Å². The van der Waals surface area contributed by atoms with Crippen molar-refractivity contribution < 1.29 is 9.53 Å². The molecule has 0 bridgehead atoms. The van der Waals surface area contributed by atoms with E-state index in [1.54, 1.807) is 0 Å². The number of esters is 1. The SMILES string of the molecule is CCOC(=O)CCCSCCC1CCNCC1. The predicted molar refractivity (Wildman–Crippen MR) is 73.4 cm³/mol. The third-order valence-corrected chi connectivity index (χ3v) is 4.21. The van der Waals surface area contributed by atoms with Gasteiger partial charge in [0, 0.05) is 6.42 Å². The van der Waals surface area contributed by atoms with Crippen LogP contribution in [0.4, 0.5) is 0 Å². The number of piperidine rings is 1. The molecule has 1 rings (SSSR count). The van der Waals surface area contributed by atoms with Crippen LogP contribution in [0.5, 0.6) is 0 Å². The molecule has 0 amide bonds. The molecule has 0 unspecified atom stereocenters. The summed E-state index contributed by atoms with van der Waals surface area (Å²) in [5.74, 6) is 3.21. The van der Waals surface area contributed by atoms with E-state index in [1.807, 2.05) is 18.7 Å². The van der Waals surface area contributed by atoms with Gasteiger partial charge in [-0.25, -0.2) is 0 Å². The number of hydrogen-bond donors (Lipinski definition) is 1. The first kappa shape index (κ1) is 14.8. The van der Waals surface area contributed by atoms with Crippen LogP contribution in [0.15, 0.2) is 0 Å². The van der Waals surface area contributed by atoms with Gasteiger partial charge >= 0.3 is 5.97 Å². The maximum atomic E-state index is 11.1. The van der Waals surface area contributed by atoms with E-state index in [2.05, 4.69) is 5.32 Å². The van der Waals surface area contributed by atoms with Crippen molar-refractivity contribution in [3.05, 3.63) is 0 Å². The molecular weight excluding hydrogens is 234 g/mol. The van der Waals surface area contributed by atoms with Crippen LogP contribution < -0.4 is 5.32 Å². The average molecular weight is 259 g/mol. The first-order chi connectivity index (χ1) is 8.33. The predicted octanol–water partition coefficient (Wildman–Crippen LogP) is 2.45. The lowest BCUT2D eigenvalue weighted by molar-refractivity contribution is -0.143. The van der Waals surface area contributed by atoms with E-state index in [1.165, 1.54) is 38.1 Å². The molecule has 0 spiro atoms. The van der Waals surface area contributed by atoms with E-state index < -0.39 is 0 Å². The lowest BCUT2D eigenvalue weighted by Crippen LogP contribution is -2.27. The fraction of sp³-hybridized carbons (Fsp3) is 0.923. The van der Waals surface area contributed by atoms with Gasteiger partial charge in [0.25, 0.3) is 0 Å². The minimum absolute atomic E-state index is 0.0496. The van der Waals surface area contributed by atoms with Crippen molar-refractivity contribution in [2.75, 3.05) is 31.2 Å². The quantitative estimate of drug-likeness (QED) is 0.537. The van der Waals surface area contributed by atoms with E-state index in [-0.39, 0.29) is 5.97 Å². The molecule has 1 aliphatic rings. The molecule has 1 N–H and O–H groups in total. The highest BCUT2D eigenvalue weighted by Crippen LogP contribution is 2.19. The average Bonchev–Trinajstić information content (AvgIpc) is 2.35. The minimum atomic E-state index is -0.0496. The Morgan fingerprint density at radius 1 is 1.35 bits per heavy atom. The fourth-order valence-corrected chi connectivity index (χ4v) is 3.13. The third kappa shape index (κ3) is 7.66. The molecule has 1 fully saturated rings. The molecule has 1 aliphatic heterocycles. The number of nitrogens with one attached hydrogen (secondary N) is 1. The molecule has 0 aromatic heterocycles. The van der Waals surface area contributed by atoms with Gasteiger partial charge in [-0.2, -0.15) is 11.8 Å². The van der Waals surface area contributed by atoms with E-state index in [0.717, 1.165) is 18.1 Å². The Morgan fingerprint density at radius 2 is 2.12 bits per heavy atom. The minimum Gasteiger partial charge on any atom is -0.466 e. The van der Waals surface area contributed by atoms with Crippen molar-refractivity contribution in [3.63, 3.8) is 0 Å². The molecule has 0 saturated carbocycles. The molecule has 0 aromatic rings. The summed E-state index contributed by atoms with van der Waals surface area (Å²) < 4.78 is 4.89. The van der Waals surface area contributed by atoms with E-state index >= 15 is 0 Å². The second-order valence-electron chi connectivity index (χ2n) is 4.50. The van der Waals surface area contributed by atoms with E-state index in [9.17, 15) is 4.79 Å². The topological polar surface area (TPSA) is 38.3 Å². The Bertz CT molecular complexity index is 206. The number of hydrogen-bond acceptors (Lipinski definition) is 4. The third-order valence-electron chi connectivity index (χ3n) is 3.10. The van der Waals surface area contributed by atoms with Crippen molar-refractivity contribution in [1.82, 2.24) is 5.32 Å². The number of thioether (sulfide) groups is 1. The maximum absolute atomic E-state index is 11.1. The monoisotopic (exact) mass is 259 g/mol. The second-order valence-corrected chi connectivity index (χ2v) is 5.73. The molecule has 0 aliphatic carbocycles. The summed E-state index contributed by atoms with van der Waals surface area (Å²) in [6.07, 6.45) is 5.54. The highest BCUT2D eigenvalue weighted by Gasteiger charge is 2.12. The van der Waals surface area contributed by atoms with Gasteiger partial charge in [0.05, 0.1) is 6.61 Å². The number of carbonyl (C=O) groups excluding carboxylic acids is 1. The molecular formula is C13H25NO2S. The molecule has 4 heteroatoms. The Morgan fingerprint density at radius 3 is 2.82 bits per heavy atom. The summed E-state index contributed by atoms with van der Waals surface area (Å²) in [6, 6.07) is 0. The van der Waals surface area contributed by atoms with Gasteiger partial charge in [-0.05, 0) is 63.1 Å². The van der Waals surface area contributed by atoms with Gasteiger partial charge < -0.3 is 10.1 Å². The van der Waals surface area contributed by atoms with Gasteiger partial charge in [-0.1, -0.05) is 0 Å². The van der Waals surface area contributed by atoms with Crippen LogP contribution >= 0.6 is 11.8 Å². The summed E-state index contributed by atoms with van der Waals surface area (Å²) >= 11 is 1.98. The highest BCUT2D eigenvalue weighted by molar-refractivity contribution is 7.99. The lowest BCUT2D eigenvalue weighted by atomic mass is 9.96. The standard InChI is InChI=1S/C13H25NO2S/c1-2-16-13(15)4-3-10-17-11-7-12-5-8-14-9-6-12/h12,14H,2-11H2,1H3. The number of ether oxygens (including phenoxy) is 1. The van der Waals surface area contributed by atoms with Crippen LogP contribution in [0.1, 0.15) is 39.0 Å². The summed E-state index contributed by atoms with van der Waals surface area (Å²) in [6.45, 7) is 4.74. The van der Waals surface area contributed by atoms with Gasteiger partial charge in [0.15, 0.2) is 0 Å². The zero-order valence-corrected chi connectivity index (χ0v) is 11.7. The van der Waals surface area contributed by atoms with Crippen LogP contribution in [0.25, 0.3) is 0 Å². The Kier molecular flexibility index (Phi) is 8.53. The van der Waals surface area contributed by atoms with Crippen LogP contribution in [0.2, 0.25) is 0 Å². The molecule has 0 radical (unpaired) electrons. The molecule has 0 aromatic carbocycles. The highest BCUT2D eigenvalue weighted by atomic mass is 32.2. The zero-order valence-electron chi connectivity index (χ0n) is 10.9. The zero-order chi connectivity index (χ0) is 12.3. The number of carbonyl (C=O) groups is 1. The first-order valence-electron chi connectivity index (χ1n) is 6.77. The molecule has 3 nitrogen and oxygen atoms in total. The van der Waals surface area contributed by atoms with Gasteiger partial charge in [-0.15, -0.1) is 0 Å². The Labute approximate surface area is 109 Å². The van der Waals surface area contributed by atoms with Crippen LogP contribution in [-0.2, 0) is 9.53 Å². The van der Waals surface area contributed by atoms with Gasteiger partial charge in [-0.3, -0.25) is 4.79 Å². The summed E-state index contributed by atoms with van der Waals surface area (Å²) in [7, 11) is 0. The van der Waals surface area contributed by atoms with Crippen molar-refractivity contribution in [3.8, 4) is 0 Å². The molecule has 1 heterocycles. The summed E-state index contributed by atoms with van der Waals surface area (Å²) in [5, 5.41) is 3.39. The summed E-state index contributed by atoms with van der Waals surface area (Å²) in [5.41, 5.74) is 0. The van der Waals surface area contributed by atoms with Gasteiger partial charge in [0.2, 0.25) is 0 Å². The van der Waals surface area contributed by atoms with Crippen molar-refractivity contribution in [1.29, 1.82) is 0 Å². The molecule has 0 atom stereocenters.